The summed E-state index contributed by atoms with van der Waals surface area (Å²) in [5.41, 5.74) is 5.33. The molecule has 0 spiro atoms. The Hall–Kier alpha value is -3.25. The van der Waals surface area contributed by atoms with Gasteiger partial charge in [0.25, 0.3) is 0 Å². The fourth-order valence-corrected chi connectivity index (χ4v) is 3.15. The maximum absolute atomic E-state index is 5.24. The van der Waals surface area contributed by atoms with Crippen LogP contribution in [0.15, 0.2) is 61.2 Å². The Balaban J connectivity index is 1.57. The molecular weight excluding hydrogens is 326 g/mol. The molecule has 0 radical (unpaired) electrons. The third-order valence-electron chi connectivity index (χ3n) is 4.64. The lowest BCUT2D eigenvalue weighted by Gasteiger charge is -2.31. The van der Waals surface area contributed by atoms with Gasteiger partial charge in [-0.25, -0.2) is 4.98 Å². The summed E-state index contributed by atoms with van der Waals surface area (Å²) in [4.78, 5) is 11.3. The smallest absolute Gasteiger partial charge is 0.132 e. The van der Waals surface area contributed by atoms with E-state index in [4.69, 9.17) is 9.72 Å². The number of aryl methyl sites for hydroxylation is 1. The Labute approximate surface area is 150 Å². The molecule has 4 heterocycles. The first kappa shape index (κ1) is 15.0. The van der Waals surface area contributed by atoms with Crippen molar-refractivity contribution in [3.8, 4) is 22.3 Å². The van der Waals surface area contributed by atoms with E-state index in [1.165, 1.54) is 0 Å². The lowest BCUT2D eigenvalue weighted by atomic mass is 10.0. The van der Waals surface area contributed by atoms with Crippen LogP contribution in [0.5, 0.6) is 0 Å². The molecule has 0 saturated carbocycles. The molecule has 4 aromatic rings. The van der Waals surface area contributed by atoms with Crippen LogP contribution in [0.2, 0.25) is 0 Å². The van der Waals surface area contributed by atoms with E-state index in [9.17, 15) is 0 Å². The van der Waals surface area contributed by atoms with Gasteiger partial charge >= 0.3 is 0 Å². The van der Waals surface area contributed by atoms with Crippen molar-refractivity contribution < 1.29 is 4.74 Å². The zero-order valence-electron chi connectivity index (χ0n) is 14.3. The third-order valence-corrected chi connectivity index (χ3v) is 4.64. The average Bonchev–Trinajstić information content (AvgIpc) is 3.06. The van der Waals surface area contributed by atoms with Gasteiger partial charge in [0.2, 0.25) is 0 Å². The van der Waals surface area contributed by atoms with Gasteiger partial charge in [-0.3, -0.25) is 9.67 Å². The van der Waals surface area contributed by atoms with E-state index in [1.54, 1.807) is 0 Å². The maximum Gasteiger partial charge on any atom is 0.132 e. The van der Waals surface area contributed by atoms with Gasteiger partial charge in [0.1, 0.15) is 19.3 Å². The molecule has 1 aliphatic heterocycles. The first-order valence-corrected chi connectivity index (χ1v) is 8.45. The molecule has 0 unspecified atom stereocenters. The number of rotatable bonds is 3. The summed E-state index contributed by atoms with van der Waals surface area (Å²) in [6.45, 7) is 1.19. The van der Waals surface area contributed by atoms with E-state index in [1.807, 2.05) is 42.6 Å². The molecule has 26 heavy (non-hydrogen) atoms. The summed E-state index contributed by atoms with van der Waals surface area (Å²) in [5, 5.41) is 5.27. The lowest BCUT2D eigenvalue weighted by molar-refractivity contribution is 0.0397. The van der Waals surface area contributed by atoms with Crippen LogP contribution in [-0.2, 0) is 11.8 Å². The Morgan fingerprint density at radius 1 is 0.885 bits per heavy atom. The maximum atomic E-state index is 5.24. The zero-order valence-corrected chi connectivity index (χ0v) is 14.3. The number of ether oxygens (including phenoxy) is 1. The second-order valence-corrected chi connectivity index (χ2v) is 6.41. The third kappa shape index (κ3) is 2.51. The molecular formula is C20H17N5O. The first-order valence-electron chi connectivity index (χ1n) is 8.45. The van der Waals surface area contributed by atoms with Crippen molar-refractivity contribution in [1.29, 1.82) is 0 Å². The second-order valence-electron chi connectivity index (χ2n) is 6.41. The highest BCUT2D eigenvalue weighted by atomic mass is 16.5. The minimum Gasteiger partial charge on any atom is -0.341 e. The quantitative estimate of drug-likeness (QED) is 0.570. The molecule has 0 atom stereocenters. The van der Waals surface area contributed by atoms with Gasteiger partial charge in [-0.15, -0.1) is 0 Å². The number of hydrogen-bond acceptors (Lipinski definition) is 5. The van der Waals surface area contributed by atoms with Gasteiger partial charge in [-0.05, 0) is 23.3 Å². The van der Waals surface area contributed by atoms with Crippen molar-refractivity contribution >= 4 is 16.7 Å². The number of aromatic nitrogens is 4. The van der Waals surface area contributed by atoms with Crippen LogP contribution in [0.25, 0.3) is 33.2 Å². The summed E-state index contributed by atoms with van der Waals surface area (Å²) in [6.07, 6.45) is 7.62. The molecule has 3 aromatic heterocycles. The lowest BCUT2D eigenvalue weighted by Crippen LogP contribution is -2.40. The summed E-state index contributed by atoms with van der Waals surface area (Å²) in [7, 11) is 1.92. The number of fused-ring (bicyclic) bond motifs is 1. The van der Waals surface area contributed by atoms with Crippen molar-refractivity contribution in [2.45, 2.75) is 0 Å². The predicted octanol–water partition coefficient (Wildman–Crippen LogP) is 3.45. The van der Waals surface area contributed by atoms with Gasteiger partial charge < -0.3 is 9.64 Å². The molecule has 0 aliphatic carbocycles. The highest BCUT2D eigenvalue weighted by molar-refractivity contribution is 5.93. The number of benzene rings is 1. The fraction of sp³-hybridized carbons (Fsp3) is 0.150. The van der Waals surface area contributed by atoms with E-state index in [-0.39, 0.29) is 0 Å². The van der Waals surface area contributed by atoms with E-state index < -0.39 is 0 Å². The molecule has 1 saturated heterocycles. The number of anilines is 1. The molecule has 6 nitrogen and oxygen atoms in total. The van der Waals surface area contributed by atoms with E-state index in [2.05, 4.69) is 45.3 Å². The largest absolute Gasteiger partial charge is 0.341 e. The SMILES string of the molecule is Cn1cc(-c2ccc(-c3cncc4ccc(N5COC5)nc34)cc2)cn1. The van der Waals surface area contributed by atoms with E-state index >= 15 is 0 Å². The Morgan fingerprint density at radius 2 is 1.69 bits per heavy atom. The summed E-state index contributed by atoms with van der Waals surface area (Å²) >= 11 is 0. The highest BCUT2D eigenvalue weighted by Gasteiger charge is 2.17. The van der Waals surface area contributed by atoms with E-state index in [0.717, 1.165) is 39.0 Å². The van der Waals surface area contributed by atoms with Crippen molar-refractivity contribution in [3.63, 3.8) is 0 Å². The first-order chi connectivity index (χ1) is 12.8. The van der Waals surface area contributed by atoms with Crippen molar-refractivity contribution in [2.75, 3.05) is 18.4 Å². The topological polar surface area (TPSA) is 56.1 Å². The molecule has 0 amide bonds. The van der Waals surface area contributed by atoms with Gasteiger partial charge in [-0.1, -0.05) is 24.3 Å². The zero-order chi connectivity index (χ0) is 17.5. The minimum atomic E-state index is 0.596. The molecule has 1 aliphatic rings. The fourth-order valence-electron chi connectivity index (χ4n) is 3.15. The second kappa shape index (κ2) is 5.93. The van der Waals surface area contributed by atoms with Crippen LogP contribution < -0.4 is 4.90 Å². The van der Waals surface area contributed by atoms with Crippen molar-refractivity contribution in [3.05, 3.63) is 61.2 Å². The molecule has 1 fully saturated rings. The molecule has 128 valence electrons. The monoisotopic (exact) mass is 343 g/mol. The molecule has 5 rings (SSSR count). The minimum absolute atomic E-state index is 0.596. The van der Waals surface area contributed by atoms with Crippen LogP contribution in [0.3, 0.4) is 0 Å². The Morgan fingerprint density at radius 3 is 2.38 bits per heavy atom. The van der Waals surface area contributed by atoms with Crippen LogP contribution in [0.4, 0.5) is 5.82 Å². The highest BCUT2D eigenvalue weighted by Crippen LogP contribution is 2.30. The summed E-state index contributed by atoms with van der Waals surface area (Å²) in [5.74, 6) is 0.934. The predicted molar refractivity (Wildman–Crippen MR) is 100 cm³/mol. The number of nitrogens with zero attached hydrogens (tertiary/aromatic N) is 5. The Bertz CT molecular complexity index is 1080. The van der Waals surface area contributed by atoms with Gasteiger partial charge in [0.15, 0.2) is 0 Å². The van der Waals surface area contributed by atoms with Crippen LogP contribution in [-0.4, -0.2) is 33.2 Å². The van der Waals surface area contributed by atoms with Gasteiger partial charge in [0.05, 0.1) is 11.7 Å². The molecule has 0 N–H and O–H groups in total. The van der Waals surface area contributed by atoms with Crippen LogP contribution in [0, 0.1) is 0 Å². The summed E-state index contributed by atoms with van der Waals surface area (Å²) in [6, 6.07) is 12.5. The molecule has 6 heteroatoms. The average molecular weight is 343 g/mol. The molecule has 0 bridgehead atoms. The number of hydrogen-bond donors (Lipinski definition) is 0. The molecule has 1 aromatic carbocycles. The van der Waals surface area contributed by atoms with E-state index in [0.29, 0.717) is 13.5 Å². The van der Waals surface area contributed by atoms with Gasteiger partial charge in [-0.2, -0.15) is 5.10 Å². The van der Waals surface area contributed by atoms with Gasteiger partial charge in [0, 0.05) is 42.2 Å². The van der Waals surface area contributed by atoms with Crippen molar-refractivity contribution in [2.24, 2.45) is 7.05 Å². The Kier molecular flexibility index (Phi) is 3.43. The van der Waals surface area contributed by atoms with Crippen LogP contribution >= 0.6 is 0 Å². The van der Waals surface area contributed by atoms with Crippen molar-refractivity contribution in [1.82, 2.24) is 19.7 Å². The summed E-state index contributed by atoms with van der Waals surface area (Å²) < 4.78 is 7.05. The standard InChI is InChI=1S/C20H17N5O/c1-24-11-17(9-22-24)14-2-4-15(5-3-14)18-10-21-8-16-6-7-19(23-20(16)18)25-12-26-13-25/h2-11H,12-13H2,1H3. The number of pyridine rings is 2. The van der Waals surface area contributed by atoms with Crippen LogP contribution in [0.1, 0.15) is 0 Å². The normalized spacial score (nSPS) is 13.8.